The van der Waals surface area contributed by atoms with Crippen molar-refractivity contribution >= 4 is 11.8 Å². The predicted octanol–water partition coefficient (Wildman–Crippen LogP) is 2.92. The van der Waals surface area contributed by atoms with Crippen LogP contribution in [0.2, 0.25) is 0 Å². The quantitative estimate of drug-likeness (QED) is 0.705. The summed E-state index contributed by atoms with van der Waals surface area (Å²) < 4.78 is 25.9. The highest BCUT2D eigenvalue weighted by molar-refractivity contribution is 7.99. The van der Waals surface area contributed by atoms with E-state index < -0.39 is 5.76 Å². The Morgan fingerprint density at radius 1 is 1.62 bits per heavy atom. The van der Waals surface area contributed by atoms with Crippen molar-refractivity contribution in [1.82, 2.24) is 9.78 Å². The lowest BCUT2D eigenvalue weighted by atomic mass is 10.4. The maximum atomic E-state index is 12.1. The molecule has 1 aromatic heterocycles. The summed E-state index contributed by atoms with van der Waals surface area (Å²) in [5.41, 5.74) is 0.818. The van der Waals surface area contributed by atoms with Gasteiger partial charge in [-0.2, -0.15) is 13.9 Å². The van der Waals surface area contributed by atoms with Crippen molar-refractivity contribution in [2.24, 2.45) is 0 Å². The van der Waals surface area contributed by atoms with Crippen LogP contribution >= 0.6 is 11.8 Å². The molecule has 1 rings (SSSR count). The van der Waals surface area contributed by atoms with Crippen LogP contribution in [0, 0.1) is 6.92 Å². The molecule has 0 saturated carbocycles. The highest BCUT2D eigenvalue weighted by Crippen LogP contribution is 2.27. The van der Waals surface area contributed by atoms with Gasteiger partial charge in [-0.05, 0) is 25.1 Å². The van der Waals surface area contributed by atoms with Crippen molar-refractivity contribution in [2.45, 2.75) is 37.6 Å². The first-order chi connectivity index (χ1) is 6.15. The van der Waals surface area contributed by atoms with Crippen molar-refractivity contribution in [1.29, 1.82) is 0 Å². The summed E-state index contributed by atoms with van der Waals surface area (Å²) in [5, 5.41) is 4.60. The second-order valence-corrected chi connectivity index (χ2v) is 3.71. The molecule has 1 aromatic rings. The summed E-state index contributed by atoms with van der Waals surface area (Å²) in [7, 11) is 0. The average molecular weight is 206 g/mol. The van der Waals surface area contributed by atoms with E-state index >= 15 is 0 Å². The van der Waals surface area contributed by atoms with Crippen LogP contribution in [0.3, 0.4) is 0 Å². The van der Waals surface area contributed by atoms with Gasteiger partial charge in [-0.3, -0.25) is 4.68 Å². The molecular formula is C8H12F2N2S. The predicted molar refractivity (Wildman–Crippen MR) is 49.1 cm³/mol. The number of thioether (sulfide) groups is 1. The van der Waals surface area contributed by atoms with E-state index in [-0.39, 0.29) is 0 Å². The van der Waals surface area contributed by atoms with E-state index in [1.807, 2.05) is 6.92 Å². The van der Waals surface area contributed by atoms with Gasteiger partial charge in [-0.1, -0.05) is 6.92 Å². The summed E-state index contributed by atoms with van der Waals surface area (Å²) in [6.45, 7) is 4.49. The fourth-order valence-electron chi connectivity index (χ4n) is 1.08. The number of rotatable bonds is 4. The van der Waals surface area contributed by atoms with E-state index in [2.05, 4.69) is 5.10 Å². The van der Waals surface area contributed by atoms with Crippen LogP contribution in [0.4, 0.5) is 8.78 Å². The van der Waals surface area contributed by atoms with Crippen LogP contribution in [0.25, 0.3) is 0 Å². The number of hydrogen-bond donors (Lipinski definition) is 0. The maximum absolute atomic E-state index is 12.1. The normalized spacial score (nSPS) is 11.2. The molecule has 0 amide bonds. The number of halogens is 2. The monoisotopic (exact) mass is 206 g/mol. The molecule has 5 heteroatoms. The summed E-state index contributed by atoms with van der Waals surface area (Å²) in [5.74, 6) is -2.37. The molecule has 0 spiro atoms. The molecule has 2 nitrogen and oxygen atoms in total. The Morgan fingerprint density at radius 2 is 2.31 bits per heavy atom. The molecule has 0 aliphatic rings. The third kappa shape index (κ3) is 2.69. The molecule has 0 aliphatic heterocycles. The van der Waals surface area contributed by atoms with Crippen molar-refractivity contribution in [3.05, 3.63) is 11.8 Å². The van der Waals surface area contributed by atoms with Gasteiger partial charge in [0.2, 0.25) is 0 Å². The Labute approximate surface area is 80.3 Å². The van der Waals surface area contributed by atoms with Gasteiger partial charge in [0.15, 0.2) is 0 Å². The minimum Gasteiger partial charge on any atom is -0.259 e. The van der Waals surface area contributed by atoms with E-state index in [4.69, 9.17) is 0 Å². The third-order valence-electron chi connectivity index (χ3n) is 1.60. The average Bonchev–Trinajstić information content (AvgIpc) is 2.36. The number of hydrogen-bond acceptors (Lipinski definition) is 2. The molecule has 0 N–H and O–H groups in total. The zero-order valence-electron chi connectivity index (χ0n) is 7.63. The maximum Gasteiger partial charge on any atom is 0.290 e. The molecule has 0 radical (unpaired) electrons. The van der Waals surface area contributed by atoms with Crippen molar-refractivity contribution < 1.29 is 8.78 Å². The smallest absolute Gasteiger partial charge is 0.259 e. The first-order valence-corrected chi connectivity index (χ1v) is 5.00. The lowest BCUT2D eigenvalue weighted by Gasteiger charge is -2.05. The minimum absolute atomic E-state index is 0.565. The van der Waals surface area contributed by atoms with Crippen molar-refractivity contribution in [3.8, 4) is 0 Å². The van der Waals surface area contributed by atoms with Gasteiger partial charge in [0.05, 0.1) is 6.20 Å². The molecule has 13 heavy (non-hydrogen) atoms. The van der Waals surface area contributed by atoms with Crippen LogP contribution in [0.15, 0.2) is 11.2 Å². The van der Waals surface area contributed by atoms with Gasteiger partial charge in [0.1, 0.15) is 5.03 Å². The van der Waals surface area contributed by atoms with Crippen LogP contribution in [-0.2, 0) is 6.54 Å². The fourth-order valence-corrected chi connectivity index (χ4v) is 1.74. The third-order valence-corrected chi connectivity index (χ3v) is 2.53. The second-order valence-electron chi connectivity index (χ2n) is 2.73. The van der Waals surface area contributed by atoms with E-state index in [0.717, 1.165) is 12.0 Å². The van der Waals surface area contributed by atoms with Crippen LogP contribution in [0.5, 0.6) is 0 Å². The van der Waals surface area contributed by atoms with Crippen molar-refractivity contribution in [2.75, 3.05) is 0 Å². The van der Waals surface area contributed by atoms with Gasteiger partial charge in [0.25, 0.3) is 5.76 Å². The van der Waals surface area contributed by atoms with Crippen molar-refractivity contribution in [3.63, 3.8) is 0 Å². The zero-order chi connectivity index (χ0) is 9.84. The highest BCUT2D eigenvalue weighted by atomic mass is 32.2. The van der Waals surface area contributed by atoms with Gasteiger partial charge < -0.3 is 0 Å². The zero-order valence-corrected chi connectivity index (χ0v) is 8.44. The van der Waals surface area contributed by atoms with Crippen LogP contribution < -0.4 is 0 Å². The molecule has 0 aliphatic carbocycles. The SMILES string of the molecule is CCCn1ncc(C)c1SC(F)F. The Kier molecular flexibility index (Phi) is 3.71. The standard InChI is InChI=1S/C8H12F2N2S/c1-3-4-12-7(13-8(9)10)6(2)5-11-12/h5,8H,3-4H2,1-2H3. The molecule has 74 valence electrons. The second kappa shape index (κ2) is 4.60. The summed E-state index contributed by atoms with van der Waals surface area (Å²) in [6, 6.07) is 0. The first-order valence-electron chi connectivity index (χ1n) is 4.12. The largest absolute Gasteiger partial charge is 0.290 e. The lowest BCUT2D eigenvalue weighted by Crippen LogP contribution is -2.01. The van der Waals surface area contributed by atoms with E-state index in [1.54, 1.807) is 17.8 Å². The molecular weight excluding hydrogens is 194 g/mol. The van der Waals surface area contributed by atoms with Crippen LogP contribution in [-0.4, -0.2) is 15.5 Å². The Morgan fingerprint density at radius 3 is 2.85 bits per heavy atom. The molecule has 0 atom stereocenters. The number of aromatic nitrogens is 2. The summed E-state index contributed by atoms with van der Waals surface area (Å²) >= 11 is 0.565. The molecule has 1 heterocycles. The number of nitrogens with zero attached hydrogens (tertiary/aromatic N) is 2. The summed E-state index contributed by atoms with van der Waals surface area (Å²) in [4.78, 5) is 0. The van der Waals surface area contributed by atoms with Gasteiger partial charge in [-0.15, -0.1) is 0 Å². The molecule has 0 fully saturated rings. The highest BCUT2D eigenvalue weighted by Gasteiger charge is 2.13. The topological polar surface area (TPSA) is 17.8 Å². The Bertz CT molecular complexity index is 273. The molecule has 0 saturated heterocycles. The van der Waals surface area contributed by atoms with Gasteiger partial charge in [-0.25, -0.2) is 0 Å². The number of aryl methyl sites for hydroxylation is 2. The van der Waals surface area contributed by atoms with Crippen LogP contribution in [0.1, 0.15) is 18.9 Å². The Balaban J connectivity index is 2.81. The number of alkyl halides is 2. The fraction of sp³-hybridized carbons (Fsp3) is 0.625. The van der Waals surface area contributed by atoms with Gasteiger partial charge >= 0.3 is 0 Å². The van der Waals surface area contributed by atoms with E-state index in [0.29, 0.717) is 23.3 Å². The minimum atomic E-state index is -2.37. The van der Waals surface area contributed by atoms with E-state index in [9.17, 15) is 8.78 Å². The molecule has 0 aromatic carbocycles. The lowest BCUT2D eigenvalue weighted by molar-refractivity contribution is 0.251. The Hall–Kier alpha value is -0.580. The van der Waals surface area contributed by atoms with Gasteiger partial charge in [0, 0.05) is 12.1 Å². The molecule has 0 unspecified atom stereocenters. The molecule has 0 bridgehead atoms. The van der Waals surface area contributed by atoms with E-state index in [1.165, 1.54) is 0 Å². The summed E-state index contributed by atoms with van der Waals surface area (Å²) in [6.07, 6.45) is 2.53. The first kappa shape index (κ1) is 10.5.